The number of fused-ring (bicyclic) bond motifs is 1. The van der Waals surface area contributed by atoms with Crippen LogP contribution in [0.4, 0.5) is 13.2 Å². The quantitative estimate of drug-likeness (QED) is 0.396. The molecule has 2 aromatic heterocycles. The third-order valence-corrected chi connectivity index (χ3v) is 5.75. The molecule has 1 unspecified atom stereocenters. The molecule has 0 bridgehead atoms. The number of rotatable bonds is 7. The van der Waals surface area contributed by atoms with Crippen molar-refractivity contribution in [2.75, 3.05) is 13.7 Å². The van der Waals surface area contributed by atoms with Gasteiger partial charge in [0.25, 0.3) is 11.8 Å². The fraction of sp³-hybridized carbons (Fsp3) is 0.250. The van der Waals surface area contributed by atoms with E-state index in [1.165, 1.54) is 0 Å². The summed E-state index contributed by atoms with van der Waals surface area (Å²) in [5.74, 6) is -2.85. The number of benzene rings is 1. The van der Waals surface area contributed by atoms with E-state index in [0.29, 0.717) is 17.4 Å². The second-order valence-electron chi connectivity index (χ2n) is 6.67. The maximum atomic E-state index is 13.5. The minimum Gasteiger partial charge on any atom is -0.467 e. The molecular weight excluding hydrogens is 449 g/mol. The lowest BCUT2D eigenvalue weighted by Crippen LogP contribution is -2.46. The molecule has 1 atom stereocenters. The maximum absolute atomic E-state index is 13.5. The third-order valence-electron chi connectivity index (χ3n) is 4.62. The Bertz CT molecular complexity index is 1160. The van der Waals surface area contributed by atoms with Crippen molar-refractivity contribution in [1.82, 2.24) is 15.6 Å². The predicted molar refractivity (Wildman–Crippen MR) is 111 cm³/mol. The number of thiophene rings is 1. The molecule has 8 nitrogen and oxygen atoms in total. The average molecular weight is 468 g/mol. The Balaban J connectivity index is 1.82. The van der Waals surface area contributed by atoms with Gasteiger partial charge in [-0.05, 0) is 23.8 Å². The molecule has 5 N–H and O–H groups in total. The van der Waals surface area contributed by atoms with Crippen molar-refractivity contribution in [1.29, 1.82) is 0 Å². The number of aromatic nitrogens is 1. The Morgan fingerprint density at radius 1 is 1.22 bits per heavy atom. The number of amides is 2. The largest absolute Gasteiger partial charge is 0.467 e. The zero-order valence-corrected chi connectivity index (χ0v) is 17.5. The molecule has 1 aromatic carbocycles. The van der Waals surface area contributed by atoms with Gasteiger partial charge >= 0.3 is 12.1 Å². The lowest BCUT2D eigenvalue weighted by molar-refractivity contribution is -0.142. The Hall–Kier alpha value is -3.38. The molecule has 170 valence electrons. The summed E-state index contributed by atoms with van der Waals surface area (Å²) in [5, 5.41) is 5.55. The van der Waals surface area contributed by atoms with Crippen LogP contribution in [0.1, 0.15) is 30.5 Å². The summed E-state index contributed by atoms with van der Waals surface area (Å²) >= 11 is 0.372. The van der Waals surface area contributed by atoms with E-state index in [0.717, 1.165) is 23.6 Å². The van der Waals surface area contributed by atoms with Crippen LogP contribution in [0.25, 0.3) is 10.9 Å². The van der Waals surface area contributed by atoms with Crippen LogP contribution in [0, 0.1) is 0 Å². The van der Waals surface area contributed by atoms with Crippen molar-refractivity contribution in [3.63, 3.8) is 0 Å². The molecule has 0 aliphatic rings. The summed E-state index contributed by atoms with van der Waals surface area (Å²) in [6.45, 7) is -0.296. The van der Waals surface area contributed by atoms with Crippen LogP contribution in [-0.4, -0.2) is 42.5 Å². The lowest BCUT2D eigenvalue weighted by atomic mass is 10.1. The molecule has 2 heterocycles. The van der Waals surface area contributed by atoms with Gasteiger partial charge in [0.1, 0.15) is 10.9 Å². The molecule has 2 amide bonds. The zero-order valence-electron chi connectivity index (χ0n) is 16.7. The fourth-order valence-corrected chi connectivity index (χ4v) is 4.03. The standard InChI is InChI=1S/C20H19F3N4O4S/c1-31-19(30)14(8-24)27-18(29)16-12(20(21,22)23)7-15(32-16)17(28)26-9-10-3-2-4-13-11(10)5-6-25-13/h2-7,14,25H,8-9,24H2,1H3,(H,26,28)(H,27,29). The number of hydrogen-bond acceptors (Lipinski definition) is 6. The van der Waals surface area contributed by atoms with E-state index in [2.05, 4.69) is 20.4 Å². The SMILES string of the molecule is COC(=O)C(CN)NC(=O)c1sc(C(=O)NCc2cccc3[nH]ccc23)cc1C(F)(F)F. The highest BCUT2D eigenvalue weighted by atomic mass is 32.1. The highest BCUT2D eigenvalue weighted by molar-refractivity contribution is 7.16. The van der Waals surface area contributed by atoms with E-state index in [1.807, 2.05) is 12.1 Å². The van der Waals surface area contributed by atoms with Gasteiger partial charge in [-0.2, -0.15) is 13.2 Å². The molecule has 0 radical (unpaired) electrons. The molecule has 0 fully saturated rings. The molecule has 3 aromatic rings. The van der Waals surface area contributed by atoms with E-state index < -0.39 is 40.4 Å². The van der Waals surface area contributed by atoms with Crippen LogP contribution < -0.4 is 16.4 Å². The number of ether oxygens (including phenoxy) is 1. The first-order chi connectivity index (χ1) is 15.2. The predicted octanol–water partition coefficient (Wildman–Crippen LogP) is 2.41. The first kappa shape index (κ1) is 23.3. The smallest absolute Gasteiger partial charge is 0.418 e. The van der Waals surface area contributed by atoms with Gasteiger partial charge in [-0.25, -0.2) is 4.79 Å². The number of H-pyrrole nitrogens is 1. The molecule has 12 heteroatoms. The van der Waals surface area contributed by atoms with Crippen LogP contribution in [-0.2, 0) is 22.3 Å². The average Bonchev–Trinajstić information content (AvgIpc) is 3.42. The number of hydrogen-bond donors (Lipinski definition) is 4. The number of carbonyl (C=O) groups is 3. The molecule has 0 spiro atoms. The summed E-state index contributed by atoms with van der Waals surface area (Å²) in [6.07, 6.45) is -3.15. The van der Waals surface area contributed by atoms with E-state index in [4.69, 9.17) is 5.73 Å². The second kappa shape index (κ2) is 9.40. The third kappa shape index (κ3) is 4.92. The summed E-state index contributed by atoms with van der Waals surface area (Å²) in [4.78, 5) is 38.5. The van der Waals surface area contributed by atoms with Crippen molar-refractivity contribution in [3.05, 3.63) is 57.4 Å². The van der Waals surface area contributed by atoms with Gasteiger partial charge in [0, 0.05) is 30.2 Å². The zero-order chi connectivity index (χ0) is 23.5. The van der Waals surface area contributed by atoms with E-state index >= 15 is 0 Å². The number of alkyl halides is 3. The first-order valence-corrected chi connectivity index (χ1v) is 10.1. The van der Waals surface area contributed by atoms with Crippen LogP contribution in [0.5, 0.6) is 0 Å². The molecule has 0 saturated heterocycles. The van der Waals surface area contributed by atoms with Crippen molar-refractivity contribution in [3.8, 4) is 0 Å². The van der Waals surface area contributed by atoms with E-state index in [9.17, 15) is 27.6 Å². The summed E-state index contributed by atoms with van der Waals surface area (Å²) in [7, 11) is 1.06. The molecule has 3 rings (SSSR count). The number of methoxy groups -OCH3 is 1. The summed E-state index contributed by atoms with van der Waals surface area (Å²) < 4.78 is 44.9. The maximum Gasteiger partial charge on any atom is 0.418 e. The van der Waals surface area contributed by atoms with E-state index in [-0.39, 0.29) is 18.0 Å². The number of carbonyl (C=O) groups excluding carboxylic acids is 3. The van der Waals surface area contributed by atoms with Gasteiger partial charge in [-0.3, -0.25) is 9.59 Å². The van der Waals surface area contributed by atoms with Crippen LogP contribution >= 0.6 is 11.3 Å². The monoisotopic (exact) mass is 468 g/mol. The van der Waals surface area contributed by atoms with Gasteiger partial charge in [-0.1, -0.05) is 12.1 Å². The minimum atomic E-state index is -4.89. The molecular formula is C20H19F3N4O4S. The molecule has 0 saturated carbocycles. The Labute approximate surface area is 183 Å². The highest BCUT2D eigenvalue weighted by Crippen LogP contribution is 2.37. The number of esters is 1. The van der Waals surface area contributed by atoms with Gasteiger partial charge < -0.3 is 26.1 Å². The van der Waals surface area contributed by atoms with Crippen molar-refractivity contribution in [2.45, 2.75) is 18.8 Å². The lowest BCUT2D eigenvalue weighted by Gasteiger charge is -2.14. The summed E-state index contributed by atoms with van der Waals surface area (Å²) in [6, 6.07) is 6.52. The number of nitrogens with one attached hydrogen (secondary N) is 3. The summed E-state index contributed by atoms with van der Waals surface area (Å²) in [5.41, 5.74) is 5.72. The van der Waals surface area contributed by atoms with Gasteiger partial charge in [-0.15, -0.1) is 11.3 Å². The Morgan fingerprint density at radius 3 is 2.62 bits per heavy atom. The van der Waals surface area contributed by atoms with Crippen molar-refractivity contribution in [2.24, 2.45) is 5.73 Å². The minimum absolute atomic E-state index is 0.0758. The Kier molecular flexibility index (Phi) is 6.84. The van der Waals surface area contributed by atoms with Gasteiger partial charge in [0.05, 0.1) is 17.6 Å². The van der Waals surface area contributed by atoms with E-state index in [1.54, 1.807) is 18.3 Å². The second-order valence-corrected chi connectivity index (χ2v) is 7.73. The van der Waals surface area contributed by atoms with Gasteiger partial charge in [0.2, 0.25) is 0 Å². The molecule has 0 aliphatic heterocycles. The fourth-order valence-electron chi connectivity index (χ4n) is 3.03. The van der Waals surface area contributed by atoms with Crippen LogP contribution in [0.3, 0.4) is 0 Å². The van der Waals surface area contributed by atoms with Gasteiger partial charge in [0.15, 0.2) is 0 Å². The normalized spacial score (nSPS) is 12.4. The number of halogens is 3. The number of aromatic amines is 1. The highest BCUT2D eigenvalue weighted by Gasteiger charge is 2.39. The Morgan fingerprint density at radius 2 is 1.97 bits per heavy atom. The number of nitrogens with two attached hydrogens (primary N) is 1. The molecule has 32 heavy (non-hydrogen) atoms. The van der Waals surface area contributed by atoms with Crippen LogP contribution in [0.15, 0.2) is 36.5 Å². The first-order valence-electron chi connectivity index (χ1n) is 9.28. The van der Waals surface area contributed by atoms with Crippen molar-refractivity contribution < 1.29 is 32.3 Å². The molecule has 0 aliphatic carbocycles. The van der Waals surface area contributed by atoms with Crippen molar-refractivity contribution >= 4 is 40.0 Å². The van der Waals surface area contributed by atoms with Crippen LogP contribution in [0.2, 0.25) is 0 Å². The topological polar surface area (TPSA) is 126 Å².